The molecule has 0 aromatic heterocycles. The fraction of sp³-hybridized carbons (Fsp3) is 0.750. The Kier molecular flexibility index (Phi) is 7.24. The summed E-state index contributed by atoms with van der Waals surface area (Å²) in [5.74, 6) is -0.337. The molecule has 0 aliphatic heterocycles. The zero-order valence-corrected chi connectivity index (χ0v) is 8.25. The summed E-state index contributed by atoms with van der Waals surface area (Å²) in [6, 6.07) is 5.02. The molecule has 0 amide bonds. The lowest BCUT2D eigenvalue weighted by molar-refractivity contribution is 0.265. The Labute approximate surface area is 82.5 Å². The molecule has 0 radical (unpaired) electrons. The topological polar surface area (TPSA) is 73.9 Å². The quantitative estimate of drug-likeness (QED) is 0.516. The Bertz CT molecular complexity index is 264. The maximum absolute atomic E-state index is 8.58. The van der Waals surface area contributed by atoms with Crippen molar-refractivity contribution in [2.75, 3.05) is 13.2 Å². The minimum absolute atomic E-state index is 0.0318. The van der Waals surface area contributed by atoms with Gasteiger partial charge in [-0.15, -0.1) is 0 Å². The Morgan fingerprint density at radius 3 is 1.64 bits per heavy atom. The molecule has 0 heterocycles. The lowest BCUT2D eigenvalue weighted by Crippen LogP contribution is -1.94. The average Bonchev–Trinajstić information content (AvgIpc) is 2.22. The fourth-order valence-corrected chi connectivity index (χ4v) is 0.370. The van der Waals surface area contributed by atoms with Gasteiger partial charge in [-0.2, -0.15) is 0 Å². The predicted octanol–water partition coefficient (Wildman–Crippen LogP) is 1.19. The van der Waals surface area contributed by atoms with Gasteiger partial charge in [0.15, 0.2) is 0 Å². The lowest BCUT2D eigenvalue weighted by atomic mass is 10.2. The minimum atomic E-state index is -0.168. The van der Waals surface area contributed by atoms with E-state index in [0.29, 0.717) is 0 Å². The van der Waals surface area contributed by atoms with Crippen LogP contribution in [0, 0.1) is 24.0 Å². The van der Waals surface area contributed by atoms with Gasteiger partial charge in [0.25, 0.3) is 0 Å². The standard InChI is InChI=1S/C8H14N4O2/c1-7(5-13)3-9-11-12-10-4-8(2)6-14/h7-8,13-14H,5-6H2,1-2H3/q+2. The highest BCUT2D eigenvalue weighted by atomic mass is 16.3. The second kappa shape index (κ2) is 8.11. The maximum atomic E-state index is 8.58. The molecule has 6 heteroatoms. The number of rotatable bonds is 2. The Hall–Kier alpha value is -1.50. The average molecular weight is 198 g/mol. The van der Waals surface area contributed by atoms with Crippen LogP contribution < -0.4 is 0 Å². The minimum Gasteiger partial charge on any atom is -0.395 e. The first kappa shape index (κ1) is 12.5. The molecule has 0 saturated carbocycles. The molecular formula is C8H14N4O2+2. The van der Waals surface area contributed by atoms with E-state index in [9.17, 15) is 0 Å². The van der Waals surface area contributed by atoms with E-state index in [-0.39, 0.29) is 25.0 Å². The summed E-state index contributed by atoms with van der Waals surface area (Å²) in [5.41, 5.74) is 0. The molecule has 0 spiro atoms. The van der Waals surface area contributed by atoms with Crippen LogP contribution in [0.15, 0.2) is 10.4 Å². The van der Waals surface area contributed by atoms with Crippen LogP contribution in [0.5, 0.6) is 0 Å². The second-order valence-corrected chi connectivity index (χ2v) is 2.80. The number of aliphatic hydroxyl groups excluding tert-OH is 2. The van der Waals surface area contributed by atoms with E-state index in [1.807, 2.05) is 0 Å². The van der Waals surface area contributed by atoms with E-state index in [4.69, 9.17) is 10.2 Å². The first-order chi connectivity index (χ1) is 6.70. The molecule has 0 bridgehead atoms. The highest BCUT2D eigenvalue weighted by Crippen LogP contribution is 1.91. The third-order valence-electron chi connectivity index (χ3n) is 1.23. The van der Waals surface area contributed by atoms with E-state index in [1.54, 1.807) is 13.8 Å². The summed E-state index contributed by atoms with van der Waals surface area (Å²) in [4.78, 5) is 6.83. The van der Waals surface area contributed by atoms with Gasteiger partial charge >= 0.3 is 10.4 Å². The highest BCUT2D eigenvalue weighted by Gasteiger charge is 2.02. The summed E-state index contributed by atoms with van der Waals surface area (Å²) in [6.07, 6.45) is 0. The van der Waals surface area contributed by atoms with Gasteiger partial charge < -0.3 is 10.2 Å². The van der Waals surface area contributed by atoms with Crippen LogP contribution in [0.25, 0.3) is 9.91 Å². The van der Waals surface area contributed by atoms with Gasteiger partial charge in [0.1, 0.15) is 0 Å². The van der Waals surface area contributed by atoms with E-state index in [0.717, 1.165) is 0 Å². The Morgan fingerprint density at radius 1 is 1.00 bits per heavy atom. The second-order valence-electron chi connectivity index (χ2n) is 2.80. The molecule has 0 fully saturated rings. The van der Waals surface area contributed by atoms with Crippen molar-refractivity contribution in [1.82, 2.24) is 0 Å². The van der Waals surface area contributed by atoms with Crippen molar-refractivity contribution in [3.05, 3.63) is 9.91 Å². The molecule has 0 aliphatic carbocycles. The van der Waals surface area contributed by atoms with E-state index in [1.165, 1.54) is 0 Å². The lowest BCUT2D eigenvalue weighted by Gasteiger charge is -1.84. The molecule has 0 aromatic carbocycles. The zero-order valence-electron chi connectivity index (χ0n) is 8.25. The van der Waals surface area contributed by atoms with Crippen molar-refractivity contribution < 1.29 is 10.2 Å². The molecule has 0 saturated heterocycles. The van der Waals surface area contributed by atoms with Gasteiger partial charge in [-0.1, -0.05) is 0 Å². The van der Waals surface area contributed by atoms with Crippen LogP contribution in [-0.2, 0) is 0 Å². The Morgan fingerprint density at radius 2 is 1.36 bits per heavy atom. The van der Waals surface area contributed by atoms with Gasteiger partial charge in [-0.3, -0.25) is 0 Å². The van der Waals surface area contributed by atoms with Crippen LogP contribution in [0.1, 0.15) is 13.8 Å². The SMILES string of the molecule is CC(C#[N+]N=N[N+]#CC(C)CO)CO. The fourth-order valence-electron chi connectivity index (χ4n) is 0.370. The third-order valence-corrected chi connectivity index (χ3v) is 1.23. The molecule has 2 atom stereocenters. The Balaban J connectivity index is 3.91. The molecule has 0 aliphatic rings. The number of aliphatic hydroxyl groups is 2. The van der Waals surface area contributed by atoms with Crippen LogP contribution in [0.4, 0.5) is 0 Å². The summed E-state index contributed by atoms with van der Waals surface area (Å²) in [6.45, 7) is 3.41. The molecule has 0 aromatic rings. The van der Waals surface area contributed by atoms with E-state index in [2.05, 4.69) is 32.5 Å². The first-order valence-electron chi connectivity index (χ1n) is 4.23. The number of nitrogens with zero attached hydrogens (tertiary/aromatic N) is 4. The van der Waals surface area contributed by atoms with Crippen molar-refractivity contribution in [2.24, 2.45) is 22.3 Å². The van der Waals surface area contributed by atoms with Gasteiger partial charge in [0, 0.05) is 0 Å². The third kappa shape index (κ3) is 7.17. The molecule has 76 valence electrons. The number of hydrogen-bond acceptors (Lipinski definition) is 4. The predicted molar refractivity (Wildman–Crippen MR) is 51.8 cm³/mol. The monoisotopic (exact) mass is 198 g/mol. The molecule has 2 N–H and O–H groups in total. The van der Waals surface area contributed by atoms with Gasteiger partial charge in [-0.25, -0.2) is 0 Å². The molecule has 6 nitrogen and oxygen atoms in total. The highest BCUT2D eigenvalue weighted by molar-refractivity contribution is 4.90. The van der Waals surface area contributed by atoms with Crippen LogP contribution in [-0.4, -0.2) is 23.4 Å². The van der Waals surface area contributed by atoms with Crippen molar-refractivity contribution in [1.29, 1.82) is 0 Å². The van der Waals surface area contributed by atoms with Gasteiger partial charge in [0.2, 0.25) is 12.1 Å². The van der Waals surface area contributed by atoms with Gasteiger partial charge in [-0.05, 0) is 13.8 Å². The normalized spacial score (nSPS) is 13.7. The van der Waals surface area contributed by atoms with E-state index >= 15 is 0 Å². The first-order valence-corrected chi connectivity index (χ1v) is 4.23. The van der Waals surface area contributed by atoms with Crippen molar-refractivity contribution >= 4 is 0 Å². The van der Waals surface area contributed by atoms with Gasteiger partial charge in [0.05, 0.1) is 35.0 Å². The molecule has 14 heavy (non-hydrogen) atoms. The summed E-state index contributed by atoms with van der Waals surface area (Å²) < 4.78 is 0. The van der Waals surface area contributed by atoms with Crippen molar-refractivity contribution in [3.8, 4) is 12.1 Å². The molecule has 0 rings (SSSR count). The summed E-state index contributed by atoms with van der Waals surface area (Å²) in [7, 11) is 0. The summed E-state index contributed by atoms with van der Waals surface area (Å²) in [5, 5.41) is 23.7. The van der Waals surface area contributed by atoms with Crippen LogP contribution in [0.3, 0.4) is 0 Å². The smallest absolute Gasteiger partial charge is 0.395 e. The van der Waals surface area contributed by atoms with Crippen LogP contribution >= 0.6 is 0 Å². The van der Waals surface area contributed by atoms with E-state index < -0.39 is 0 Å². The largest absolute Gasteiger partial charge is 0.522 e. The number of hydrogen-bond donors (Lipinski definition) is 2. The van der Waals surface area contributed by atoms with Crippen molar-refractivity contribution in [2.45, 2.75) is 13.8 Å². The maximum Gasteiger partial charge on any atom is 0.522 e. The molecular weight excluding hydrogens is 184 g/mol. The summed E-state index contributed by atoms with van der Waals surface area (Å²) >= 11 is 0. The zero-order chi connectivity index (χ0) is 10.8. The molecule has 2 unspecified atom stereocenters. The van der Waals surface area contributed by atoms with Crippen molar-refractivity contribution in [3.63, 3.8) is 0 Å². The van der Waals surface area contributed by atoms with Crippen LogP contribution in [0.2, 0.25) is 0 Å².